The number of thiophene rings is 1. The number of nitrogens with zero attached hydrogens (tertiary/aromatic N) is 2. The minimum atomic E-state index is 0.706. The molecule has 0 aliphatic rings. The van der Waals surface area contributed by atoms with Gasteiger partial charge in [0.1, 0.15) is 5.69 Å². The van der Waals surface area contributed by atoms with E-state index in [2.05, 4.69) is 42.5 Å². The fraction of sp³-hybridized carbons (Fsp3) is 0.133. The van der Waals surface area contributed by atoms with Gasteiger partial charge < -0.3 is 5.73 Å². The molecule has 0 spiro atoms. The van der Waals surface area contributed by atoms with Crippen molar-refractivity contribution in [3.63, 3.8) is 0 Å². The standard InChI is InChI=1S/C15H15N3S/c1-10-5-11(2)7-13(6-10)18-8-14(16)15(17-18)12-3-4-19-9-12/h3-9H,16H2,1-2H3. The monoisotopic (exact) mass is 269 g/mol. The fourth-order valence-electron chi connectivity index (χ4n) is 2.23. The summed E-state index contributed by atoms with van der Waals surface area (Å²) in [5, 5.41) is 8.70. The third-order valence-corrected chi connectivity index (χ3v) is 3.69. The number of aryl methyl sites for hydroxylation is 2. The average molecular weight is 269 g/mol. The summed E-state index contributed by atoms with van der Waals surface area (Å²) >= 11 is 1.65. The Hall–Kier alpha value is -2.07. The number of nitrogens with two attached hydrogens (primary N) is 1. The van der Waals surface area contributed by atoms with Crippen LogP contribution in [0.3, 0.4) is 0 Å². The maximum Gasteiger partial charge on any atom is 0.116 e. The molecule has 4 heteroatoms. The van der Waals surface area contributed by atoms with Crippen LogP contribution < -0.4 is 5.73 Å². The van der Waals surface area contributed by atoms with Crippen LogP contribution in [-0.4, -0.2) is 9.78 Å². The summed E-state index contributed by atoms with van der Waals surface area (Å²) in [6, 6.07) is 8.40. The molecule has 3 rings (SSSR count). The molecule has 0 atom stereocenters. The highest BCUT2D eigenvalue weighted by molar-refractivity contribution is 7.08. The van der Waals surface area contributed by atoms with E-state index in [0.29, 0.717) is 5.69 Å². The fourth-order valence-corrected chi connectivity index (χ4v) is 2.87. The third kappa shape index (κ3) is 2.27. The van der Waals surface area contributed by atoms with Gasteiger partial charge >= 0.3 is 0 Å². The number of benzene rings is 1. The second kappa shape index (κ2) is 4.55. The van der Waals surface area contributed by atoms with Gasteiger partial charge in [-0.15, -0.1) is 0 Å². The lowest BCUT2D eigenvalue weighted by molar-refractivity contribution is 0.881. The Morgan fingerprint density at radius 1 is 1.16 bits per heavy atom. The molecule has 0 amide bonds. The Bertz CT molecular complexity index is 691. The van der Waals surface area contributed by atoms with Gasteiger partial charge in [-0.1, -0.05) is 6.07 Å². The van der Waals surface area contributed by atoms with Gasteiger partial charge in [-0.2, -0.15) is 16.4 Å². The second-order valence-electron chi connectivity index (χ2n) is 4.74. The summed E-state index contributed by atoms with van der Waals surface area (Å²) in [7, 11) is 0. The third-order valence-electron chi connectivity index (χ3n) is 3.01. The van der Waals surface area contributed by atoms with E-state index in [1.165, 1.54) is 11.1 Å². The van der Waals surface area contributed by atoms with Crippen LogP contribution in [-0.2, 0) is 0 Å². The molecule has 19 heavy (non-hydrogen) atoms. The van der Waals surface area contributed by atoms with Crippen molar-refractivity contribution in [1.82, 2.24) is 9.78 Å². The van der Waals surface area contributed by atoms with Crippen LogP contribution in [0.1, 0.15) is 11.1 Å². The molecule has 0 radical (unpaired) electrons. The summed E-state index contributed by atoms with van der Waals surface area (Å²) in [5.74, 6) is 0. The molecule has 0 unspecified atom stereocenters. The molecule has 0 fully saturated rings. The molecule has 2 aromatic heterocycles. The first kappa shape index (κ1) is 12.0. The van der Waals surface area contributed by atoms with E-state index in [0.717, 1.165) is 16.9 Å². The zero-order valence-electron chi connectivity index (χ0n) is 10.9. The lowest BCUT2D eigenvalue weighted by atomic mass is 10.1. The maximum absolute atomic E-state index is 6.07. The first-order valence-electron chi connectivity index (χ1n) is 6.10. The molecule has 2 heterocycles. The van der Waals surface area contributed by atoms with E-state index >= 15 is 0 Å². The Kier molecular flexibility index (Phi) is 2.87. The van der Waals surface area contributed by atoms with Gasteiger partial charge in [0.15, 0.2) is 0 Å². The summed E-state index contributed by atoms with van der Waals surface area (Å²) in [5.41, 5.74) is 12.2. The van der Waals surface area contributed by atoms with Crippen molar-refractivity contribution in [3.05, 3.63) is 52.3 Å². The van der Waals surface area contributed by atoms with Crippen LogP contribution in [0.2, 0.25) is 0 Å². The average Bonchev–Trinajstić information content (AvgIpc) is 2.96. The summed E-state index contributed by atoms with van der Waals surface area (Å²) < 4.78 is 1.85. The van der Waals surface area contributed by atoms with Crippen molar-refractivity contribution < 1.29 is 0 Å². The van der Waals surface area contributed by atoms with Crippen molar-refractivity contribution in [2.45, 2.75) is 13.8 Å². The van der Waals surface area contributed by atoms with Crippen molar-refractivity contribution in [3.8, 4) is 16.9 Å². The smallest absolute Gasteiger partial charge is 0.116 e. The van der Waals surface area contributed by atoms with Gasteiger partial charge in [-0.3, -0.25) is 0 Å². The topological polar surface area (TPSA) is 43.8 Å². The van der Waals surface area contributed by atoms with Gasteiger partial charge in [0.2, 0.25) is 0 Å². The molecule has 0 saturated carbocycles. The van der Waals surface area contributed by atoms with Crippen LogP contribution >= 0.6 is 11.3 Å². The largest absolute Gasteiger partial charge is 0.396 e. The highest BCUT2D eigenvalue weighted by Gasteiger charge is 2.10. The van der Waals surface area contributed by atoms with E-state index < -0.39 is 0 Å². The first-order valence-corrected chi connectivity index (χ1v) is 7.04. The SMILES string of the molecule is Cc1cc(C)cc(-n2cc(N)c(-c3ccsc3)n2)c1. The molecule has 0 aliphatic heterocycles. The van der Waals surface area contributed by atoms with Gasteiger partial charge in [-0.05, 0) is 48.6 Å². The highest BCUT2D eigenvalue weighted by atomic mass is 32.1. The van der Waals surface area contributed by atoms with E-state index in [-0.39, 0.29) is 0 Å². The molecular weight excluding hydrogens is 254 g/mol. The predicted molar refractivity (Wildman–Crippen MR) is 80.8 cm³/mol. The number of aromatic nitrogens is 2. The predicted octanol–water partition coefficient (Wildman–Crippen LogP) is 3.80. The van der Waals surface area contributed by atoms with Crippen LogP contribution in [0.4, 0.5) is 5.69 Å². The minimum absolute atomic E-state index is 0.706. The second-order valence-corrected chi connectivity index (χ2v) is 5.52. The van der Waals surface area contributed by atoms with Crippen molar-refractivity contribution in [2.24, 2.45) is 0 Å². The van der Waals surface area contributed by atoms with Gasteiger partial charge in [0.05, 0.1) is 17.6 Å². The molecule has 3 nitrogen and oxygen atoms in total. The van der Waals surface area contributed by atoms with E-state index in [9.17, 15) is 0 Å². The summed E-state index contributed by atoms with van der Waals surface area (Å²) in [4.78, 5) is 0. The Labute approximate surface area is 116 Å². The van der Waals surface area contributed by atoms with Crippen molar-refractivity contribution >= 4 is 17.0 Å². The molecule has 2 N–H and O–H groups in total. The molecule has 1 aromatic carbocycles. The van der Waals surface area contributed by atoms with Crippen molar-refractivity contribution in [1.29, 1.82) is 0 Å². The van der Waals surface area contributed by atoms with E-state index in [1.807, 2.05) is 22.3 Å². The van der Waals surface area contributed by atoms with E-state index in [4.69, 9.17) is 5.73 Å². The van der Waals surface area contributed by atoms with Crippen molar-refractivity contribution in [2.75, 3.05) is 5.73 Å². The van der Waals surface area contributed by atoms with E-state index in [1.54, 1.807) is 11.3 Å². The molecule has 0 saturated heterocycles. The number of hydrogen-bond donors (Lipinski definition) is 1. The normalized spacial score (nSPS) is 10.8. The minimum Gasteiger partial charge on any atom is -0.396 e. The highest BCUT2D eigenvalue weighted by Crippen LogP contribution is 2.27. The summed E-state index contributed by atoms with van der Waals surface area (Å²) in [6.45, 7) is 4.17. The Morgan fingerprint density at radius 3 is 2.53 bits per heavy atom. The zero-order chi connectivity index (χ0) is 13.4. The van der Waals surface area contributed by atoms with Gasteiger partial charge in [0, 0.05) is 10.9 Å². The first-order chi connectivity index (χ1) is 9.13. The van der Waals surface area contributed by atoms with Crippen LogP contribution in [0.5, 0.6) is 0 Å². The van der Waals surface area contributed by atoms with Crippen LogP contribution in [0.25, 0.3) is 16.9 Å². The molecular formula is C15H15N3S. The number of rotatable bonds is 2. The quantitative estimate of drug-likeness (QED) is 0.769. The maximum atomic E-state index is 6.07. The zero-order valence-corrected chi connectivity index (χ0v) is 11.7. The summed E-state index contributed by atoms with van der Waals surface area (Å²) in [6.07, 6.45) is 1.88. The number of nitrogen functional groups attached to an aromatic ring is 1. The number of hydrogen-bond acceptors (Lipinski definition) is 3. The van der Waals surface area contributed by atoms with Crippen LogP contribution in [0, 0.1) is 13.8 Å². The Morgan fingerprint density at radius 2 is 1.89 bits per heavy atom. The molecule has 0 aliphatic carbocycles. The number of anilines is 1. The molecule has 0 bridgehead atoms. The molecule has 3 aromatic rings. The lowest BCUT2D eigenvalue weighted by Crippen LogP contribution is -1.96. The van der Waals surface area contributed by atoms with Gasteiger partial charge in [-0.25, -0.2) is 4.68 Å². The Balaban J connectivity index is 2.09. The van der Waals surface area contributed by atoms with Gasteiger partial charge in [0.25, 0.3) is 0 Å². The van der Waals surface area contributed by atoms with Crippen LogP contribution in [0.15, 0.2) is 41.2 Å². The molecule has 96 valence electrons. The lowest BCUT2D eigenvalue weighted by Gasteiger charge is -2.04.